The number of ether oxygens (including phenoxy) is 1. The molecule has 1 N–H and O–H groups in total. The molecule has 5 rings (SSSR count). The van der Waals surface area contributed by atoms with Crippen LogP contribution in [0.15, 0.2) is 73.1 Å². The number of halogens is 1. The molecular formula is C26H27ClN4O2. The molecule has 2 saturated heterocycles. The van der Waals surface area contributed by atoms with Gasteiger partial charge < -0.3 is 15.0 Å². The first-order chi connectivity index (χ1) is 16.1. The third-order valence-corrected chi connectivity index (χ3v) is 6.85. The van der Waals surface area contributed by atoms with Crippen LogP contribution in [-0.4, -0.2) is 46.0 Å². The number of nitrogens with zero attached hydrogens (tertiary/aromatic N) is 3. The first-order valence-electron chi connectivity index (χ1n) is 11.3. The lowest BCUT2D eigenvalue weighted by molar-refractivity contribution is 0.136. The largest absolute Gasteiger partial charge is 0.457 e. The molecule has 1 unspecified atom stereocenters. The molecule has 6 nitrogen and oxygen atoms in total. The van der Waals surface area contributed by atoms with Crippen LogP contribution in [0.1, 0.15) is 24.8 Å². The van der Waals surface area contributed by atoms with E-state index in [-0.39, 0.29) is 11.6 Å². The van der Waals surface area contributed by atoms with E-state index >= 15 is 0 Å². The highest BCUT2D eigenvalue weighted by atomic mass is 35.5. The van der Waals surface area contributed by atoms with E-state index in [1.165, 1.54) is 5.56 Å². The van der Waals surface area contributed by atoms with Gasteiger partial charge in [-0.05, 0) is 79.9 Å². The van der Waals surface area contributed by atoms with Gasteiger partial charge in [-0.3, -0.25) is 9.88 Å². The van der Waals surface area contributed by atoms with Crippen LogP contribution in [0.3, 0.4) is 0 Å². The van der Waals surface area contributed by atoms with Gasteiger partial charge >= 0.3 is 6.03 Å². The fraction of sp³-hybridized carbons (Fsp3) is 0.308. The predicted octanol–water partition coefficient (Wildman–Crippen LogP) is 5.80. The molecule has 3 aromatic rings. The Bertz CT molecular complexity index is 1110. The molecule has 2 aliphatic rings. The number of aromatic nitrogens is 1. The molecule has 0 bridgehead atoms. The zero-order valence-electron chi connectivity index (χ0n) is 18.4. The van der Waals surface area contributed by atoms with Crippen LogP contribution in [0.5, 0.6) is 11.5 Å². The Labute approximate surface area is 199 Å². The van der Waals surface area contributed by atoms with Crippen molar-refractivity contribution >= 4 is 23.3 Å². The number of carbonyl (C=O) groups is 1. The van der Waals surface area contributed by atoms with E-state index in [0.717, 1.165) is 62.6 Å². The summed E-state index contributed by atoms with van der Waals surface area (Å²) in [6.07, 6.45) is 6.63. The molecule has 1 spiro atoms. The Balaban J connectivity index is 1.24. The molecule has 1 atom stereocenters. The third kappa shape index (κ3) is 4.97. The number of anilines is 1. The van der Waals surface area contributed by atoms with Crippen molar-refractivity contribution in [1.29, 1.82) is 0 Å². The Morgan fingerprint density at radius 1 is 1.06 bits per heavy atom. The third-order valence-electron chi connectivity index (χ3n) is 6.59. The van der Waals surface area contributed by atoms with Gasteiger partial charge in [-0.2, -0.15) is 0 Å². The van der Waals surface area contributed by atoms with E-state index in [4.69, 9.17) is 16.3 Å². The van der Waals surface area contributed by atoms with Crippen LogP contribution >= 0.6 is 11.6 Å². The van der Waals surface area contributed by atoms with Gasteiger partial charge in [0.1, 0.15) is 11.5 Å². The highest BCUT2D eigenvalue weighted by Crippen LogP contribution is 2.39. The Morgan fingerprint density at radius 2 is 1.94 bits per heavy atom. The Morgan fingerprint density at radius 3 is 2.76 bits per heavy atom. The van der Waals surface area contributed by atoms with Gasteiger partial charge in [0.05, 0.1) is 11.9 Å². The summed E-state index contributed by atoms with van der Waals surface area (Å²) in [6, 6.07) is 19.3. The molecule has 3 heterocycles. The van der Waals surface area contributed by atoms with Crippen LogP contribution < -0.4 is 10.1 Å². The first kappa shape index (κ1) is 21.7. The van der Waals surface area contributed by atoms with Crippen LogP contribution in [0.2, 0.25) is 5.02 Å². The van der Waals surface area contributed by atoms with Crippen molar-refractivity contribution in [2.45, 2.75) is 31.3 Å². The molecular weight excluding hydrogens is 436 g/mol. The number of rotatable bonds is 5. The number of hydrogen-bond acceptors (Lipinski definition) is 4. The van der Waals surface area contributed by atoms with Crippen molar-refractivity contribution in [3.05, 3.63) is 83.6 Å². The number of nitrogens with one attached hydrogen (secondary N) is 1. The van der Waals surface area contributed by atoms with Crippen molar-refractivity contribution in [3.8, 4) is 11.5 Å². The van der Waals surface area contributed by atoms with Gasteiger partial charge in [0, 0.05) is 36.4 Å². The second kappa shape index (κ2) is 9.41. The summed E-state index contributed by atoms with van der Waals surface area (Å²) < 4.78 is 6.02. The van der Waals surface area contributed by atoms with E-state index in [9.17, 15) is 4.79 Å². The molecule has 2 aliphatic heterocycles. The fourth-order valence-electron chi connectivity index (χ4n) is 4.94. The monoisotopic (exact) mass is 462 g/mol. The smallest absolute Gasteiger partial charge is 0.321 e. The lowest BCUT2D eigenvalue weighted by Crippen LogP contribution is -2.46. The normalized spacial score (nSPS) is 20.3. The average molecular weight is 463 g/mol. The van der Waals surface area contributed by atoms with E-state index in [1.807, 2.05) is 53.4 Å². The topological polar surface area (TPSA) is 57.7 Å². The molecule has 2 amide bonds. The minimum absolute atomic E-state index is 0.0410. The van der Waals surface area contributed by atoms with Crippen molar-refractivity contribution < 1.29 is 9.53 Å². The molecule has 33 heavy (non-hydrogen) atoms. The maximum absolute atomic E-state index is 12.8. The Kier molecular flexibility index (Phi) is 6.20. The van der Waals surface area contributed by atoms with E-state index < -0.39 is 0 Å². The second-order valence-electron chi connectivity index (χ2n) is 8.80. The number of urea groups is 1. The van der Waals surface area contributed by atoms with Crippen LogP contribution in [0.4, 0.5) is 10.5 Å². The number of benzene rings is 2. The number of hydrogen-bond donors (Lipinski definition) is 1. The molecule has 1 aromatic heterocycles. The summed E-state index contributed by atoms with van der Waals surface area (Å²) in [6.45, 7) is 3.40. The van der Waals surface area contributed by atoms with Gasteiger partial charge in [0.15, 0.2) is 0 Å². The lowest BCUT2D eigenvalue weighted by Gasteiger charge is -2.35. The Hall–Kier alpha value is -3.09. The molecule has 0 aliphatic carbocycles. The number of likely N-dealkylation sites (tertiary alicyclic amines) is 2. The zero-order chi connectivity index (χ0) is 22.7. The SMILES string of the molecule is O=C(Nc1cccnc1)N1CCC2(CCCN2Cc2cccc(Oc3ccc(Cl)cc3)c2)C1. The molecule has 7 heteroatoms. The van der Waals surface area contributed by atoms with Gasteiger partial charge in [-0.15, -0.1) is 0 Å². The zero-order valence-corrected chi connectivity index (χ0v) is 19.2. The van der Waals surface area contributed by atoms with Crippen molar-refractivity contribution in [3.63, 3.8) is 0 Å². The lowest BCUT2D eigenvalue weighted by atomic mass is 9.95. The quantitative estimate of drug-likeness (QED) is 0.520. The number of pyridine rings is 1. The van der Waals surface area contributed by atoms with E-state index in [1.54, 1.807) is 12.4 Å². The first-order valence-corrected chi connectivity index (χ1v) is 11.7. The van der Waals surface area contributed by atoms with Gasteiger partial charge in [-0.25, -0.2) is 4.79 Å². The van der Waals surface area contributed by atoms with Gasteiger partial charge in [-0.1, -0.05) is 23.7 Å². The summed E-state index contributed by atoms with van der Waals surface area (Å²) in [5, 5.41) is 3.66. The van der Waals surface area contributed by atoms with Crippen molar-refractivity contribution in [2.75, 3.05) is 25.0 Å². The van der Waals surface area contributed by atoms with Crippen LogP contribution in [0, 0.1) is 0 Å². The number of carbonyl (C=O) groups excluding carboxylic acids is 1. The van der Waals surface area contributed by atoms with Gasteiger partial charge in [0.2, 0.25) is 0 Å². The second-order valence-corrected chi connectivity index (χ2v) is 9.23. The van der Waals surface area contributed by atoms with E-state index in [2.05, 4.69) is 27.3 Å². The summed E-state index contributed by atoms with van der Waals surface area (Å²) in [5.41, 5.74) is 1.98. The van der Waals surface area contributed by atoms with Crippen LogP contribution in [0.25, 0.3) is 0 Å². The summed E-state index contributed by atoms with van der Waals surface area (Å²) in [5.74, 6) is 1.58. The van der Waals surface area contributed by atoms with Crippen molar-refractivity contribution in [2.24, 2.45) is 0 Å². The summed E-state index contributed by atoms with van der Waals surface area (Å²) in [7, 11) is 0. The predicted molar refractivity (Wildman–Crippen MR) is 130 cm³/mol. The minimum Gasteiger partial charge on any atom is -0.457 e. The highest BCUT2D eigenvalue weighted by molar-refractivity contribution is 6.30. The van der Waals surface area contributed by atoms with Crippen LogP contribution in [-0.2, 0) is 6.54 Å². The molecule has 2 fully saturated rings. The fourth-order valence-corrected chi connectivity index (χ4v) is 5.06. The molecule has 0 saturated carbocycles. The average Bonchev–Trinajstić information content (AvgIpc) is 3.43. The summed E-state index contributed by atoms with van der Waals surface area (Å²) in [4.78, 5) is 21.4. The maximum Gasteiger partial charge on any atom is 0.321 e. The standard InChI is InChI=1S/C26H27ClN4O2/c27-21-7-9-23(10-8-21)33-24-6-1-4-20(16-24)18-31-14-3-11-26(31)12-15-30(19-26)25(32)29-22-5-2-13-28-17-22/h1-2,4-10,13,16-17H,3,11-12,14-15,18-19H2,(H,29,32). The van der Waals surface area contributed by atoms with Crippen molar-refractivity contribution in [1.82, 2.24) is 14.8 Å². The highest BCUT2D eigenvalue weighted by Gasteiger charge is 2.47. The number of amides is 2. The molecule has 170 valence electrons. The molecule has 2 aromatic carbocycles. The summed E-state index contributed by atoms with van der Waals surface area (Å²) >= 11 is 5.97. The van der Waals surface area contributed by atoms with E-state index in [0.29, 0.717) is 5.02 Å². The maximum atomic E-state index is 12.8. The van der Waals surface area contributed by atoms with Gasteiger partial charge in [0.25, 0.3) is 0 Å². The molecule has 0 radical (unpaired) electrons. The minimum atomic E-state index is -0.0508.